The van der Waals surface area contributed by atoms with Crippen LogP contribution in [0.4, 0.5) is 0 Å². The molecule has 1 unspecified atom stereocenters. The van der Waals surface area contributed by atoms with Gasteiger partial charge in [0.05, 0.1) is 35.9 Å². The van der Waals surface area contributed by atoms with E-state index in [4.69, 9.17) is 14.2 Å². The molecular weight excluding hydrogens is 604 g/mol. The molecule has 0 radical (unpaired) electrons. The maximum Gasteiger partial charge on any atom is 0.275 e. The Morgan fingerprint density at radius 2 is 1.91 bits per heavy atom. The van der Waals surface area contributed by atoms with Gasteiger partial charge in [0.1, 0.15) is 17.2 Å². The van der Waals surface area contributed by atoms with E-state index in [2.05, 4.69) is 15.5 Å². The van der Waals surface area contributed by atoms with Gasteiger partial charge in [-0.3, -0.25) is 14.7 Å². The second-order valence-electron chi connectivity index (χ2n) is 11.2. The fraction of sp³-hybridized carbons (Fsp3) is 0.229. The number of thiophene rings is 1. The lowest BCUT2D eigenvalue weighted by atomic mass is 9.87. The number of amides is 2. The highest BCUT2D eigenvalue weighted by Crippen LogP contribution is 2.41. The number of carbonyl (C=O) groups excluding carboxylic acids is 2. The lowest BCUT2D eigenvalue weighted by Crippen LogP contribution is -2.40. The minimum atomic E-state index is -0.430. The van der Waals surface area contributed by atoms with Crippen LogP contribution in [0.25, 0.3) is 10.6 Å². The average molecular weight is 637 g/mol. The first-order chi connectivity index (χ1) is 22.4. The van der Waals surface area contributed by atoms with E-state index in [1.54, 1.807) is 24.5 Å². The number of fused-ring (bicyclic) bond motifs is 6. The summed E-state index contributed by atoms with van der Waals surface area (Å²) in [7, 11) is 1.58. The van der Waals surface area contributed by atoms with E-state index in [1.165, 1.54) is 17.0 Å². The van der Waals surface area contributed by atoms with Crippen LogP contribution < -0.4 is 19.5 Å². The first-order valence-electron chi connectivity index (χ1n) is 15.0. The van der Waals surface area contributed by atoms with Gasteiger partial charge in [0, 0.05) is 18.0 Å². The summed E-state index contributed by atoms with van der Waals surface area (Å²) in [5.41, 5.74) is 4.12. The highest BCUT2D eigenvalue weighted by molar-refractivity contribution is 7.15. The molecule has 0 saturated carbocycles. The maximum atomic E-state index is 14.2. The third-order valence-corrected chi connectivity index (χ3v) is 9.26. The Morgan fingerprint density at radius 1 is 1.07 bits per heavy atom. The number of aryl methyl sites for hydroxylation is 1. The van der Waals surface area contributed by atoms with E-state index >= 15 is 0 Å². The third kappa shape index (κ3) is 5.65. The number of nitrogens with zero attached hydrogens (tertiary/aromatic N) is 2. The van der Waals surface area contributed by atoms with E-state index < -0.39 is 11.9 Å². The van der Waals surface area contributed by atoms with Gasteiger partial charge < -0.3 is 29.5 Å². The Morgan fingerprint density at radius 3 is 2.74 bits per heavy atom. The first kappa shape index (κ1) is 29.4. The van der Waals surface area contributed by atoms with E-state index in [1.807, 2.05) is 66.4 Å². The molecule has 11 heteroatoms. The van der Waals surface area contributed by atoms with Crippen LogP contribution in [0.3, 0.4) is 0 Å². The molecule has 0 fully saturated rings. The number of nitrogens with one attached hydrogen (secondary N) is 2. The average Bonchev–Trinajstić information content (AvgIpc) is 3.73. The quantitative estimate of drug-likeness (QED) is 0.214. The number of hydrogen-bond donors (Lipinski definition) is 3. The molecule has 1 atom stereocenters. The van der Waals surface area contributed by atoms with Crippen molar-refractivity contribution in [3.8, 4) is 39.3 Å². The van der Waals surface area contributed by atoms with Crippen LogP contribution in [0, 0.1) is 6.92 Å². The molecule has 2 aromatic heterocycles. The Hall–Kier alpha value is -5.29. The van der Waals surface area contributed by atoms with Gasteiger partial charge in [-0.05, 0) is 97.1 Å². The molecule has 3 aromatic carbocycles. The molecule has 0 aliphatic carbocycles. The highest BCUT2D eigenvalue weighted by Gasteiger charge is 2.34. The molecule has 3 N–H and O–H groups in total. The predicted molar refractivity (Wildman–Crippen MR) is 173 cm³/mol. The number of H-pyrrole nitrogens is 1. The summed E-state index contributed by atoms with van der Waals surface area (Å²) in [4.78, 5) is 31.1. The van der Waals surface area contributed by atoms with Crippen LogP contribution in [-0.4, -0.2) is 58.8 Å². The second kappa shape index (κ2) is 12.2. The number of phenols is 1. The standard InChI is InChI=1S/C35H32N4O6S/c1-20-4-11-32(46-20)27-19-28(38-37-27)35(42)39-14-12-21-16-23-6-8-25(21)33(39)22-5-10-30(43-2)31(17-22)44-15-3-13-36-34(41)26-18-24(45-23)7-9-29(26)40/h4-11,16-19,33,40H,3,12-15H2,1-2H3,(H,36,41)(H,37,38). The Balaban J connectivity index is 1.30. The lowest BCUT2D eigenvalue weighted by molar-refractivity contribution is 0.0688. The maximum absolute atomic E-state index is 14.2. The summed E-state index contributed by atoms with van der Waals surface area (Å²) in [6.45, 7) is 3.13. The zero-order chi connectivity index (χ0) is 31.8. The summed E-state index contributed by atoms with van der Waals surface area (Å²) in [6, 6.07) is 21.6. The van der Waals surface area contributed by atoms with Gasteiger partial charge in [0.2, 0.25) is 0 Å². The monoisotopic (exact) mass is 636 g/mol. The second-order valence-corrected chi connectivity index (χ2v) is 12.5. The number of methoxy groups -OCH3 is 1. The van der Waals surface area contributed by atoms with Crippen molar-refractivity contribution in [1.82, 2.24) is 20.4 Å². The number of carbonyl (C=O) groups is 2. The van der Waals surface area contributed by atoms with E-state index in [0.717, 1.165) is 27.3 Å². The number of rotatable bonds is 3. The van der Waals surface area contributed by atoms with Crippen LogP contribution in [0.1, 0.15) is 54.9 Å². The Labute approximate surface area is 269 Å². The van der Waals surface area contributed by atoms with E-state index in [9.17, 15) is 14.7 Å². The van der Waals surface area contributed by atoms with E-state index in [0.29, 0.717) is 61.2 Å². The summed E-state index contributed by atoms with van der Waals surface area (Å²) < 4.78 is 17.9. The molecule has 0 spiro atoms. The molecule has 234 valence electrons. The zero-order valence-corrected chi connectivity index (χ0v) is 26.1. The number of phenolic OH excluding ortho intramolecular Hbond substituents is 1. The van der Waals surface area contributed by atoms with Gasteiger partial charge in [-0.1, -0.05) is 12.1 Å². The van der Waals surface area contributed by atoms with Crippen molar-refractivity contribution in [3.05, 3.63) is 106 Å². The number of hydrogen-bond acceptors (Lipinski definition) is 8. The van der Waals surface area contributed by atoms with Gasteiger partial charge in [-0.2, -0.15) is 5.10 Å². The van der Waals surface area contributed by atoms with Crippen LogP contribution in [-0.2, 0) is 6.42 Å². The van der Waals surface area contributed by atoms with Crippen LogP contribution in [0.5, 0.6) is 28.7 Å². The Kier molecular flexibility index (Phi) is 7.83. The van der Waals surface area contributed by atoms with Gasteiger partial charge in [0.25, 0.3) is 11.8 Å². The fourth-order valence-corrected chi connectivity index (χ4v) is 6.79. The molecular formula is C35H32N4O6S. The SMILES string of the molecule is COc1ccc2cc1OCCCNC(=O)c1cc(ccc1O)Oc1ccc3c(c1)CCN(C(=O)c1cc(-c4ccc(C)s4)[nH]n1)C23. The van der Waals surface area contributed by atoms with Gasteiger partial charge >= 0.3 is 0 Å². The number of aromatic nitrogens is 2. The fourth-order valence-electron chi connectivity index (χ4n) is 5.95. The van der Waals surface area contributed by atoms with Crippen molar-refractivity contribution in [3.63, 3.8) is 0 Å². The normalized spacial score (nSPS) is 16.1. The van der Waals surface area contributed by atoms with E-state index in [-0.39, 0.29) is 17.2 Å². The van der Waals surface area contributed by atoms with Crippen LogP contribution in [0.2, 0.25) is 0 Å². The minimum absolute atomic E-state index is 0.122. The third-order valence-electron chi connectivity index (χ3n) is 8.22. The summed E-state index contributed by atoms with van der Waals surface area (Å²) in [5.74, 6) is 1.38. The summed E-state index contributed by atoms with van der Waals surface area (Å²) in [5, 5.41) is 20.7. The minimum Gasteiger partial charge on any atom is -0.507 e. The molecule has 2 amide bonds. The van der Waals surface area contributed by atoms with Crippen LogP contribution in [0.15, 0.2) is 72.8 Å². The first-order valence-corrected chi connectivity index (χ1v) is 15.9. The van der Waals surface area contributed by atoms with Crippen LogP contribution >= 0.6 is 11.3 Å². The molecule has 8 rings (SSSR count). The molecule has 10 nitrogen and oxygen atoms in total. The lowest BCUT2D eigenvalue weighted by Gasteiger charge is -2.37. The number of aromatic amines is 1. The van der Waals surface area contributed by atoms with Crippen molar-refractivity contribution in [2.75, 3.05) is 26.8 Å². The summed E-state index contributed by atoms with van der Waals surface area (Å²) in [6.07, 6.45) is 1.11. The molecule has 46 heavy (non-hydrogen) atoms. The number of aromatic hydroxyl groups is 1. The van der Waals surface area contributed by atoms with Gasteiger partial charge in [0.15, 0.2) is 17.2 Å². The van der Waals surface area contributed by atoms with Crippen molar-refractivity contribution in [2.45, 2.75) is 25.8 Å². The molecule has 5 aromatic rings. The molecule has 8 bridgehead atoms. The summed E-state index contributed by atoms with van der Waals surface area (Å²) >= 11 is 1.64. The molecule has 5 heterocycles. The smallest absolute Gasteiger partial charge is 0.275 e. The topological polar surface area (TPSA) is 126 Å². The molecule has 3 aliphatic heterocycles. The van der Waals surface area contributed by atoms with Gasteiger partial charge in [-0.25, -0.2) is 0 Å². The van der Waals surface area contributed by atoms with Crippen molar-refractivity contribution >= 4 is 23.2 Å². The van der Waals surface area contributed by atoms with Crippen molar-refractivity contribution in [1.29, 1.82) is 0 Å². The number of benzene rings is 3. The van der Waals surface area contributed by atoms with Gasteiger partial charge in [-0.15, -0.1) is 11.3 Å². The van der Waals surface area contributed by atoms with Crippen molar-refractivity contribution < 1.29 is 28.9 Å². The highest BCUT2D eigenvalue weighted by atomic mass is 32.1. The molecule has 3 aliphatic rings. The Bertz CT molecular complexity index is 1950. The number of ether oxygens (including phenoxy) is 3. The zero-order valence-electron chi connectivity index (χ0n) is 25.3. The predicted octanol–water partition coefficient (Wildman–Crippen LogP) is 6.25. The molecule has 0 saturated heterocycles. The largest absolute Gasteiger partial charge is 0.507 e. The van der Waals surface area contributed by atoms with Crippen molar-refractivity contribution in [2.24, 2.45) is 0 Å².